The second-order valence-corrected chi connectivity index (χ2v) is 16.0. The van der Waals surface area contributed by atoms with Crippen molar-refractivity contribution in [3.8, 4) is 0 Å². The van der Waals surface area contributed by atoms with Crippen molar-refractivity contribution >= 4 is 23.7 Å². The minimum absolute atomic E-state index is 0.115. The maximum Gasteiger partial charge on any atom is 0.306 e. The molecule has 2 saturated carbocycles. The first-order chi connectivity index (χ1) is 23.1. The van der Waals surface area contributed by atoms with Gasteiger partial charge in [0.05, 0.1) is 5.60 Å². The fraction of sp³-hybridized carbons (Fsp3) is 0.800. The van der Waals surface area contributed by atoms with Gasteiger partial charge in [-0.3, -0.25) is 19.2 Å². The standard InChI is InChI=1S/C40H62O9/c1-8-10-12-14-16-18-20-32(42)47-25-29-23-30-34-37(6,7)40(34,49-33(43)21-19-17-15-13-11-9-2)36(48-28(5)41)27(4)39(30,46)31-22-26(3)35(44)38(31,45)24-29/h22-23,27,30-31,34,36,45-46H,8-21,24-25H2,1-7H3/t27-,30+,31-,34-,36-,38-,39-,40-/m1/s1. The molecule has 4 aliphatic carbocycles. The monoisotopic (exact) mass is 686 g/mol. The largest absolute Gasteiger partial charge is 0.461 e. The Morgan fingerprint density at radius 3 is 1.98 bits per heavy atom. The number of aliphatic hydroxyl groups is 2. The first-order valence-electron chi connectivity index (χ1n) is 19.0. The molecule has 2 fully saturated rings. The number of esters is 3. The topological polar surface area (TPSA) is 136 Å². The maximum atomic E-state index is 13.6. The number of ketones is 1. The predicted octanol–water partition coefficient (Wildman–Crippen LogP) is 7.10. The highest BCUT2D eigenvalue weighted by atomic mass is 16.6. The Labute approximate surface area is 293 Å². The molecule has 4 rings (SSSR count). The van der Waals surface area contributed by atoms with Gasteiger partial charge in [-0.15, -0.1) is 0 Å². The van der Waals surface area contributed by atoms with Crippen LogP contribution >= 0.6 is 0 Å². The number of Topliss-reactive ketones (excluding diaryl/α,β-unsaturated/α-hetero) is 1. The first kappa shape index (κ1) is 39.3. The number of ether oxygens (including phenoxy) is 3. The summed E-state index contributed by atoms with van der Waals surface area (Å²) in [5, 5.41) is 25.2. The van der Waals surface area contributed by atoms with E-state index in [4.69, 9.17) is 14.2 Å². The van der Waals surface area contributed by atoms with Gasteiger partial charge in [-0.1, -0.05) is 111 Å². The van der Waals surface area contributed by atoms with Crippen molar-refractivity contribution in [3.63, 3.8) is 0 Å². The Morgan fingerprint density at radius 2 is 1.41 bits per heavy atom. The number of carbonyl (C=O) groups is 4. The summed E-state index contributed by atoms with van der Waals surface area (Å²) in [6.45, 7) is 12.8. The van der Waals surface area contributed by atoms with E-state index in [0.717, 1.165) is 57.8 Å². The molecule has 0 radical (unpaired) electrons. The summed E-state index contributed by atoms with van der Waals surface area (Å²) in [7, 11) is 0. The average Bonchev–Trinajstić information content (AvgIpc) is 3.47. The van der Waals surface area contributed by atoms with Crippen LogP contribution in [0.25, 0.3) is 0 Å². The third kappa shape index (κ3) is 7.44. The molecule has 0 unspecified atom stereocenters. The molecule has 0 aromatic rings. The van der Waals surface area contributed by atoms with Crippen LogP contribution in [0.1, 0.15) is 145 Å². The van der Waals surface area contributed by atoms with Gasteiger partial charge in [0.15, 0.2) is 11.4 Å². The minimum atomic E-state index is -1.98. The fourth-order valence-corrected chi connectivity index (χ4v) is 9.58. The molecule has 0 bridgehead atoms. The van der Waals surface area contributed by atoms with Gasteiger partial charge in [-0.25, -0.2) is 0 Å². The summed E-state index contributed by atoms with van der Waals surface area (Å²) >= 11 is 0. The van der Waals surface area contributed by atoms with E-state index >= 15 is 0 Å². The molecule has 0 heterocycles. The Kier molecular flexibility index (Phi) is 12.7. The number of carbonyl (C=O) groups excluding carboxylic acids is 4. The third-order valence-electron chi connectivity index (χ3n) is 12.2. The minimum Gasteiger partial charge on any atom is -0.461 e. The van der Waals surface area contributed by atoms with Crippen molar-refractivity contribution < 1.29 is 43.6 Å². The molecule has 4 aliphatic rings. The molecule has 8 atom stereocenters. The average molecular weight is 687 g/mol. The van der Waals surface area contributed by atoms with Crippen LogP contribution in [0.5, 0.6) is 0 Å². The Bertz CT molecular complexity index is 1300. The zero-order chi connectivity index (χ0) is 36.2. The Balaban J connectivity index is 1.64. The van der Waals surface area contributed by atoms with Crippen molar-refractivity contribution in [1.82, 2.24) is 0 Å². The van der Waals surface area contributed by atoms with Gasteiger partial charge >= 0.3 is 17.9 Å². The van der Waals surface area contributed by atoms with E-state index in [1.54, 1.807) is 19.9 Å². The van der Waals surface area contributed by atoms with E-state index in [1.165, 1.54) is 19.8 Å². The highest BCUT2D eigenvalue weighted by Gasteiger charge is 2.87. The molecular weight excluding hydrogens is 624 g/mol. The lowest BCUT2D eigenvalue weighted by atomic mass is 9.59. The summed E-state index contributed by atoms with van der Waals surface area (Å²) in [4.78, 5) is 52.5. The molecule has 2 N–H and O–H groups in total. The Hall–Kier alpha value is -2.52. The van der Waals surface area contributed by atoms with Crippen molar-refractivity contribution in [2.75, 3.05) is 6.61 Å². The fourth-order valence-electron chi connectivity index (χ4n) is 9.58. The summed E-state index contributed by atoms with van der Waals surface area (Å²) in [6.07, 6.45) is 15.2. The molecule has 0 aliphatic heterocycles. The second-order valence-electron chi connectivity index (χ2n) is 16.0. The maximum absolute atomic E-state index is 13.6. The van der Waals surface area contributed by atoms with E-state index in [2.05, 4.69) is 13.8 Å². The van der Waals surface area contributed by atoms with Crippen molar-refractivity contribution in [1.29, 1.82) is 0 Å². The summed E-state index contributed by atoms with van der Waals surface area (Å²) in [5.41, 5.74) is -4.81. The van der Waals surface area contributed by atoms with Gasteiger partial charge < -0.3 is 24.4 Å². The summed E-state index contributed by atoms with van der Waals surface area (Å²) in [6, 6.07) is 0. The number of hydrogen-bond acceptors (Lipinski definition) is 9. The lowest BCUT2D eigenvalue weighted by molar-refractivity contribution is -0.228. The van der Waals surface area contributed by atoms with E-state index in [-0.39, 0.29) is 37.8 Å². The second kappa shape index (κ2) is 15.8. The van der Waals surface area contributed by atoms with Crippen LogP contribution in [0.15, 0.2) is 23.3 Å². The van der Waals surface area contributed by atoms with Gasteiger partial charge in [-0.2, -0.15) is 0 Å². The van der Waals surface area contributed by atoms with E-state index < -0.39 is 63.7 Å². The molecule has 0 amide bonds. The van der Waals surface area contributed by atoms with Gasteiger partial charge in [0.2, 0.25) is 0 Å². The van der Waals surface area contributed by atoms with Crippen LogP contribution < -0.4 is 0 Å². The lowest BCUT2D eigenvalue weighted by Gasteiger charge is -2.53. The smallest absolute Gasteiger partial charge is 0.306 e. The highest BCUT2D eigenvalue weighted by Crippen LogP contribution is 2.77. The normalized spacial score (nSPS) is 34.1. The number of hydrogen-bond donors (Lipinski definition) is 2. The molecule has 0 aromatic carbocycles. The van der Waals surface area contributed by atoms with Crippen molar-refractivity contribution in [2.24, 2.45) is 29.1 Å². The van der Waals surface area contributed by atoms with Crippen LogP contribution in [-0.2, 0) is 33.4 Å². The molecule has 0 saturated heterocycles. The quantitative estimate of drug-likeness (QED) is 0.0669. The number of unbranched alkanes of at least 4 members (excludes halogenated alkanes) is 10. The molecule has 9 heteroatoms. The van der Waals surface area contributed by atoms with Crippen LogP contribution in [0.2, 0.25) is 0 Å². The SMILES string of the molecule is CCCCCCCCC(=O)OCC1=C[C@H]2[C@@H]3C(C)(C)[C@]3(OC(=O)CCCCCCCC)[C@H](OC(C)=O)[C@@H](C)[C@]2(O)[C@@H]2C=C(C)C(=O)[C@@]2(O)C1. The molecular formula is C40H62O9. The highest BCUT2D eigenvalue weighted by molar-refractivity contribution is 6.04. The molecule has 276 valence electrons. The zero-order valence-electron chi connectivity index (χ0n) is 31.1. The van der Waals surface area contributed by atoms with E-state index in [1.807, 2.05) is 19.9 Å². The first-order valence-corrected chi connectivity index (χ1v) is 19.0. The van der Waals surface area contributed by atoms with Gasteiger partial charge in [-0.05, 0) is 30.9 Å². The third-order valence-corrected chi connectivity index (χ3v) is 12.2. The van der Waals surface area contributed by atoms with Crippen LogP contribution in [-0.4, -0.2) is 63.4 Å². The lowest BCUT2D eigenvalue weighted by Crippen LogP contribution is -2.66. The Morgan fingerprint density at radius 1 is 0.857 bits per heavy atom. The molecule has 9 nitrogen and oxygen atoms in total. The van der Waals surface area contributed by atoms with Gasteiger partial charge in [0.1, 0.15) is 18.3 Å². The molecule has 0 aromatic heterocycles. The van der Waals surface area contributed by atoms with Crippen molar-refractivity contribution in [3.05, 3.63) is 23.3 Å². The van der Waals surface area contributed by atoms with Crippen LogP contribution in [0, 0.1) is 29.1 Å². The summed E-state index contributed by atoms with van der Waals surface area (Å²) in [5.74, 6) is -4.83. The van der Waals surface area contributed by atoms with Gasteiger partial charge in [0.25, 0.3) is 0 Å². The molecule has 49 heavy (non-hydrogen) atoms. The van der Waals surface area contributed by atoms with Crippen LogP contribution in [0.4, 0.5) is 0 Å². The molecule has 0 spiro atoms. The van der Waals surface area contributed by atoms with Crippen LogP contribution in [0.3, 0.4) is 0 Å². The van der Waals surface area contributed by atoms with Crippen molar-refractivity contribution in [2.45, 2.75) is 168 Å². The predicted molar refractivity (Wildman–Crippen MR) is 186 cm³/mol. The van der Waals surface area contributed by atoms with E-state index in [9.17, 15) is 29.4 Å². The summed E-state index contributed by atoms with van der Waals surface area (Å²) < 4.78 is 18.1. The number of rotatable bonds is 18. The number of fused-ring (bicyclic) bond motifs is 5. The van der Waals surface area contributed by atoms with Gasteiger partial charge in [0, 0.05) is 55.3 Å². The zero-order valence-corrected chi connectivity index (χ0v) is 31.1. The van der Waals surface area contributed by atoms with E-state index in [0.29, 0.717) is 17.6 Å².